The van der Waals surface area contributed by atoms with Crippen LogP contribution in [0.15, 0.2) is 36.7 Å². The molecular weight excluding hydrogens is 449 g/mol. The molecular formula is C25H28FN7O2. The molecule has 3 aliphatic rings. The van der Waals surface area contributed by atoms with Gasteiger partial charge >= 0.3 is 0 Å². The van der Waals surface area contributed by atoms with Crippen molar-refractivity contribution in [1.82, 2.24) is 30.7 Å². The summed E-state index contributed by atoms with van der Waals surface area (Å²) in [5.74, 6) is 1.34. The maximum absolute atomic E-state index is 15.4. The lowest BCUT2D eigenvalue weighted by atomic mass is 9.82. The summed E-state index contributed by atoms with van der Waals surface area (Å²) in [6.07, 6.45) is 8.23. The van der Waals surface area contributed by atoms with Crippen molar-refractivity contribution in [3.63, 3.8) is 0 Å². The number of methoxy groups -OCH3 is 1. The molecule has 3 aromatic rings. The van der Waals surface area contributed by atoms with Crippen LogP contribution in [0.4, 0.5) is 10.2 Å². The zero-order chi connectivity index (χ0) is 23.9. The molecule has 0 radical (unpaired) electrons. The number of ether oxygens (including phenoxy) is 1. The lowest BCUT2D eigenvalue weighted by Crippen LogP contribution is -2.62. The van der Waals surface area contributed by atoms with Crippen LogP contribution in [0, 0.1) is 0 Å². The molecule has 0 amide bonds. The molecule has 2 N–H and O–H groups in total. The van der Waals surface area contributed by atoms with Crippen molar-refractivity contribution in [3.05, 3.63) is 36.7 Å². The van der Waals surface area contributed by atoms with Gasteiger partial charge in [0.1, 0.15) is 11.9 Å². The van der Waals surface area contributed by atoms with Gasteiger partial charge in [-0.15, -0.1) is 15.3 Å². The van der Waals surface area contributed by atoms with E-state index in [0.29, 0.717) is 29.1 Å². The van der Waals surface area contributed by atoms with Crippen LogP contribution in [0.2, 0.25) is 0 Å². The minimum absolute atomic E-state index is 0.0295. The zero-order valence-electron chi connectivity index (χ0n) is 19.5. The Hall–Kier alpha value is -3.40. The second-order valence-electron chi connectivity index (χ2n) is 9.65. The minimum Gasteiger partial charge on any atom is -0.507 e. The second-order valence-corrected chi connectivity index (χ2v) is 9.65. The average Bonchev–Trinajstić information content (AvgIpc) is 3.73. The maximum Gasteiger partial charge on any atom is 0.233 e. The number of aromatic nitrogens is 5. The highest BCUT2D eigenvalue weighted by Crippen LogP contribution is 2.39. The molecule has 4 heterocycles. The van der Waals surface area contributed by atoms with Crippen LogP contribution in [0.1, 0.15) is 38.5 Å². The van der Waals surface area contributed by atoms with E-state index in [-0.39, 0.29) is 23.9 Å². The Balaban J connectivity index is 1.25. The minimum atomic E-state index is -0.938. The highest BCUT2D eigenvalue weighted by atomic mass is 19.1. The predicted octanol–water partition coefficient (Wildman–Crippen LogP) is 3.30. The van der Waals surface area contributed by atoms with Crippen molar-refractivity contribution in [1.29, 1.82) is 0 Å². The van der Waals surface area contributed by atoms with E-state index in [9.17, 15) is 5.11 Å². The Kier molecular flexibility index (Phi) is 5.68. The van der Waals surface area contributed by atoms with Gasteiger partial charge in [0.25, 0.3) is 0 Å². The number of hydrogen-bond acceptors (Lipinski definition) is 9. The molecule has 6 rings (SSSR count). The molecule has 3 fully saturated rings. The number of fused-ring (bicyclic) bond motifs is 2. The van der Waals surface area contributed by atoms with E-state index in [0.717, 1.165) is 49.7 Å². The number of phenolic OH excluding ortho intramolecular Hbond substituents is 1. The summed E-state index contributed by atoms with van der Waals surface area (Å²) in [4.78, 5) is 6.63. The van der Waals surface area contributed by atoms with Gasteiger partial charge in [-0.3, -0.25) is 0 Å². The molecule has 2 saturated heterocycles. The lowest BCUT2D eigenvalue weighted by molar-refractivity contribution is 0.104. The summed E-state index contributed by atoms with van der Waals surface area (Å²) in [5, 5.41) is 30.7. The van der Waals surface area contributed by atoms with Crippen molar-refractivity contribution >= 4 is 5.82 Å². The van der Waals surface area contributed by atoms with Crippen molar-refractivity contribution in [2.24, 2.45) is 0 Å². The molecule has 1 aliphatic carbocycles. The van der Waals surface area contributed by atoms with Crippen LogP contribution in [0.5, 0.6) is 11.6 Å². The Morgan fingerprint density at radius 3 is 2.69 bits per heavy atom. The van der Waals surface area contributed by atoms with Crippen LogP contribution in [-0.2, 0) is 0 Å². The van der Waals surface area contributed by atoms with E-state index < -0.39 is 6.17 Å². The lowest BCUT2D eigenvalue weighted by Gasteiger charge is -2.47. The van der Waals surface area contributed by atoms with Gasteiger partial charge in [-0.2, -0.15) is 5.10 Å². The highest BCUT2D eigenvalue weighted by Gasteiger charge is 2.46. The molecule has 4 atom stereocenters. The van der Waals surface area contributed by atoms with Crippen LogP contribution < -0.4 is 15.0 Å². The number of anilines is 1. The van der Waals surface area contributed by atoms with Gasteiger partial charge in [-0.05, 0) is 49.8 Å². The average molecular weight is 478 g/mol. The van der Waals surface area contributed by atoms with Crippen LogP contribution in [0.3, 0.4) is 0 Å². The number of benzene rings is 1. The number of rotatable bonds is 6. The van der Waals surface area contributed by atoms with E-state index >= 15 is 4.39 Å². The Bertz CT molecular complexity index is 1210. The summed E-state index contributed by atoms with van der Waals surface area (Å²) in [6.45, 7) is 0. The summed E-state index contributed by atoms with van der Waals surface area (Å²) in [6, 6.07) is 7.32. The number of halogens is 1. The van der Waals surface area contributed by atoms with Crippen molar-refractivity contribution in [3.8, 4) is 34.1 Å². The molecule has 9 nitrogen and oxygen atoms in total. The smallest absolute Gasteiger partial charge is 0.233 e. The van der Waals surface area contributed by atoms with E-state index in [1.165, 1.54) is 7.11 Å². The number of aromatic hydroxyl groups is 1. The molecule has 2 aromatic heterocycles. The van der Waals surface area contributed by atoms with Crippen molar-refractivity contribution in [2.45, 2.75) is 68.9 Å². The number of hydrogen-bond donors (Lipinski definition) is 2. The number of phenols is 1. The fraction of sp³-hybridized carbons (Fsp3) is 0.480. The predicted molar refractivity (Wildman–Crippen MR) is 128 cm³/mol. The molecule has 0 unspecified atom stereocenters. The van der Waals surface area contributed by atoms with E-state index in [1.807, 2.05) is 6.07 Å². The second kappa shape index (κ2) is 8.99. The van der Waals surface area contributed by atoms with Gasteiger partial charge in [-0.1, -0.05) is 12.5 Å². The van der Waals surface area contributed by atoms with Gasteiger partial charge in [-0.25, -0.2) is 9.37 Å². The third-order valence-electron chi connectivity index (χ3n) is 7.32. The molecule has 1 saturated carbocycles. The first-order valence-electron chi connectivity index (χ1n) is 12.2. The summed E-state index contributed by atoms with van der Waals surface area (Å²) >= 11 is 0. The maximum atomic E-state index is 15.4. The van der Waals surface area contributed by atoms with Crippen molar-refractivity contribution in [2.75, 3.05) is 12.0 Å². The molecule has 1 aromatic carbocycles. The first kappa shape index (κ1) is 22.1. The fourth-order valence-electron chi connectivity index (χ4n) is 5.44. The molecule has 0 spiro atoms. The third kappa shape index (κ3) is 4.27. The highest BCUT2D eigenvalue weighted by molar-refractivity contribution is 5.72. The van der Waals surface area contributed by atoms with Crippen LogP contribution in [0.25, 0.3) is 22.5 Å². The third-order valence-corrected chi connectivity index (χ3v) is 7.32. The summed E-state index contributed by atoms with van der Waals surface area (Å²) in [7, 11) is 1.53. The van der Waals surface area contributed by atoms with Gasteiger partial charge in [0, 0.05) is 29.8 Å². The SMILES string of the molecule is COc1cc(-c2ccc(-c3ncc(N(C4CC4)[C@H]4C[C@H]5CCC[C@H](N5)[C@H]4F)nn3)c(O)c2)cnn1. The van der Waals surface area contributed by atoms with Gasteiger partial charge in [0.2, 0.25) is 5.88 Å². The topological polar surface area (TPSA) is 109 Å². The normalized spacial score (nSPS) is 25.8. The first-order chi connectivity index (χ1) is 17.1. The Morgan fingerprint density at radius 2 is 1.94 bits per heavy atom. The summed E-state index contributed by atoms with van der Waals surface area (Å²) in [5.41, 5.74) is 1.99. The summed E-state index contributed by atoms with van der Waals surface area (Å²) < 4.78 is 20.6. The molecule has 182 valence electrons. The van der Waals surface area contributed by atoms with Gasteiger partial charge < -0.3 is 20.1 Å². The fourth-order valence-corrected chi connectivity index (χ4v) is 5.44. The largest absolute Gasteiger partial charge is 0.507 e. The first-order valence-corrected chi connectivity index (χ1v) is 12.2. The Morgan fingerprint density at radius 1 is 1.06 bits per heavy atom. The zero-order valence-corrected chi connectivity index (χ0v) is 19.5. The van der Waals surface area contributed by atoms with E-state index in [1.54, 1.807) is 30.6 Å². The number of alkyl halides is 1. The van der Waals surface area contributed by atoms with Crippen molar-refractivity contribution < 1.29 is 14.2 Å². The van der Waals surface area contributed by atoms with Gasteiger partial charge in [0.05, 0.1) is 31.1 Å². The van der Waals surface area contributed by atoms with Crippen LogP contribution in [-0.4, -0.2) is 67.9 Å². The number of nitrogens with zero attached hydrogens (tertiary/aromatic N) is 6. The molecule has 10 heteroatoms. The molecule has 35 heavy (non-hydrogen) atoms. The van der Waals surface area contributed by atoms with Gasteiger partial charge in [0.15, 0.2) is 11.6 Å². The molecule has 2 bridgehead atoms. The van der Waals surface area contributed by atoms with E-state index in [2.05, 4.69) is 35.6 Å². The van der Waals surface area contributed by atoms with E-state index in [4.69, 9.17) is 4.74 Å². The number of piperidine rings is 2. The number of nitrogens with one attached hydrogen (secondary N) is 1. The monoisotopic (exact) mass is 477 g/mol. The molecule has 2 aliphatic heterocycles. The standard InChI is InChI=1S/C25H28FN7O2/c1-35-23-10-15(12-28-31-23)14-5-8-18(21(34)9-14)25-27-13-22(30-32-25)33(17-6-7-17)20-11-16-3-2-4-19(29-16)24(20)26/h5,8-10,12-13,16-17,19-20,24,29,34H,2-4,6-7,11H2,1H3/t16-,19+,20+,24-/m1/s1. The van der Waals surface area contributed by atoms with Crippen LogP contribution >= 0.6 is 0 Å². The Labute approximate surface area is 202 Å². The quantitative estimate of drug-likeness (QED) is 0.553.